The Bertz CT molecular complexity index is 712. The molecule has 5 heteroatoms. The van der Waals surface area contributed by atoms with Crippen molar-refractivity contribution >= 4 is 11.8 Å². The lowest BCUT2D eigenvalue weighted by molar-refractivity contribution is -0.161. The summed E-state index contributed by atoms with van der Waals surface area (Å²) in [4.78, 5) is 25.1. The van der Waals surface area contributed by atoms with E-state index in [1.54, 1.807) is 18.2 Å². The highest BCUT2D eigenvalue weighted by atomic mass is 16.6. The van der Waals surface area contributed by atoms with Crippen molar-refractivity contribution in [3.8, 4) is 11.5 Å². The van der Waals surface area contributed by atoms with Crippen molar-refractivity contribution in [2.24, 2.45) is 29.6 Å². The maximum atomic E-state index is 12.7. The number of ether oxygens (including phenoxy) is 3. The molecule has 0 saturated heterocycles. The highest BCUT2D eigenvalue weighted by Crippen LogP contribution is 2.56. The van der Waals surface area contributed by atoms with E-state index in [1.165, 1.54) is 32.1 Å². The number of esters is 1. The molecule has 0 N–H and O–H groups in total. The molecule has 26 heavy (non-hydrogen) atoms. The summed E-state index contributed by atoms with van der Waals surface area (Å²) in [6.07, 6.45) is 6.04. The molecule has 1 heterocycles. The molecular formula is C21H24O5. The first kappa shape index (κ1) is 16.2. The van der Waals surface area contributed by atoms with Gasteiger partial charge in [-0.1, -0.05) is 0 Å². The number of rotatable bonds is 4. The Morgan fingerprint density at radius 3 is 2.27 bits per heavy atom. The van der Waals surface area contributed by atoms with E-state index in [1.807, 2.05) is 0 Å². The lowest BCUT2D eigenvalue weighted by atomic mass is 9.52. The van der Waals surface area contributed by atoms with Crippen LogP contribution in [0.5, 0.6) is 11.5 Å². The second kappa shape index (κ2) is 6.29. The largest absolute Gasteiger partial charge is 0.486 e. The molecule has 5 aliphatic rings. The fraction of sp³-hybridized carbons (Fsp3) is 0.619. The van der Waals surface area contributed by atoms with Gasteiger partial charge in [0.1, 0.15) is 13.2 Å². The summed E-state index contributed by atoms with van der Waals surface area (Å²) in [5, 5.41) is 0. The van der Waals surface area contributed by atoms with Gasteiger partial charge in [0.15, 0.2) is 23.9 Å². The van der Waals surface area contributed by atoms with Gasteiger partial charge in [-0.25, -0.2) is 0 Å². The van der Waals surface area contributed by atoms with E-state index in [4.69, 9.17) is 14.2 Å². The molecule has 4 bridgehead atoms. The van der Waals surface area contributed by atoms with Gasteiger partial charge in [-0.3, -0.25) is 9.59 Å². The van der Waals surface area contributed by atoms with Gasteiger partial charge in [0.05, 0.1) is 5.92 Å². The maximum absolute atomic E-state index is 12.7. The Hall–Kier alpha value is -2.04. The minimum atomic E-state index is -0.195. The zero-order valence-electron chi connectivity index (χ0n) is 14.8. The summed E-state index contributed by atoms with van der Waals surface area (Å²) in [6.45, 7) is 0.802. The molecule has 4 fully saturated rings. The van der Waals surface area contributed by atoms with E-state index in [2.05, 4.69) is 0 Å². The highest BCUT2D eigenvalue weighted by Gasteiger charge is 2.51. The van der Waals surface area contributed by atoms with Crippen LogP contribution in [0.2, 0.25) is 0 Å². The van der Waals surface area contributed by atoms with E-state index in [0.29, 0.717) is 42.1 Å². The number of hydrogen-bond donors (Lipinski definition) is 0. The lowest BCUT2D eigenvalue weighted by Crippen LogP contribution is -2.48. The molecule has 0 aromatic heterocycles. The second-order valence-corrected chi connectivity index (χ2v) is 8.35. The minimum absolute atomic E-state index is 0.0101. The summed E-state index contributed by atoms with van der Waals surface area (Å²) in [5.41, 5.74) is 0.493. The van der Waals surface area contributed by atoms with Crippen molar-refractivity contribution in [3.05, 3.63) is 23.8 Å². The number of ketones is 1. The second-order valence-electron chi connectivity index (χ2n) is 8.35. The molecule has 0 atom stereocenters. The zero-order chi connectivity index (χ0) is 17.7. The van der Waals surface area contributed by atoms with Crippen LogP contribution >= 0.6 is 0 Å². The van der Waals surface area contributed by atoms with E-state index >= 15 is 0 Å². The van der Waals surface area contributed by atoms with Crippen LogP contribution in [0.3, 0.4) is 0 Å². The van der Waals surface area contributed by atoms with Crippen molar-refractivity contribution in [2.75, 3.05) is 19.8 Å². The number of Topliss-reactive ketones (excluding diaryl/α,β-unsaturated/α-hetero) is 1. The molecule has 4 saturated carbocycles. The van der Waals surface area contributed by atoms with Crippen LogP contribution in [0.25, 0.3) is 0 Å². The van der Waals surface area contributed by atoms with Gasteiger partial charge < -0.3 is 14.2 Å². The quantitative estimate of drug-likeness (QED) is 0.612. The molecule has 0 radical (unpaired) electrons. The fourth-order valence-corrected chi connectivity index (χ4v) is 5.84. The summed E-state index contributed by atoms with van der Waals surface area (Å²) in [7, 11) is 0. The van der Waals surface area contributed by atoms with Gasteiger partial charge in [-0.05, 0) is 74.0 Å². The maximum Gasteiger partial charge on any atom is 0.309 e. The topological polar surface area (TPSA) is 61.8 Å². The summed E-state index contributed by atoms with van der Waals surface area (Å²) in [5.74, 6) is 3.47. The molecule has 0 amide bonds. The Kier molecular flexibility index (Phi) is 3.91. The van der Waals surface area contributed by atoms with Crippen molar-refractivity contribution in [3.63, 3.8) is 0 Å². The Labute approximate surface area is 153 Å². The third kappa shape index (κ3) is 2.78. The normalized spacial score (nSPS) is 33.8. The van der Waals surface area contributed by atoms with Gasteiger partial charge in [-0.2, -0.15) is 0 Å². The molecule has 0 unspecified atom stereocenters. The third-order valence-corrected chi connectivity index (χ3v) is 6.71. The van der Waals surface area contributed by atoms with Gasteiger partial charge in [-0.15, -0.1) is 0 Å². The number of benzene rings is 1. The molecule has 4 aliphatic carbocycles. The smallest absolute Gasteiger partial charge is 0.309 e. The van der Waals surface area contributed by atoms with E-state index in [-0.39, 0.29) is 24.3 Å². The van der Waals surface area contributed by atoms with Gasteiger partial charge in [0.25, 0.3) is 0 Å². The van der Waals surface area contributed by atoms with E-state index < -0.39 is 0 Å². The van der Waals surface area contributed by atoms with Crippen LogP contribution < -0.4 is 9.47 Å². The van der Waals surface area contributed by atoms with Crippen molar-refractivity contribution in [1.29, 1.82) is 0 Å². The van der Waals surface area contributed by atoms with Crippen molar-refractivity contribution in [1.82, 2.24) is 0 Å². The Morgan fingerprint density at radius 1 is 0.923 bits per heavy atom. The summed E-state index contributed by atoms with van der Waals surface area (Å²) < 4.78 is 16.5. The van der Waals surface area contributed by atoms with Gasteiger partial charge >= 0.3 is 5.97 Å². The predicted octanol–water partition coefficient (Wildman–Crippen LogP) is 3.26. The Balaban J connectivity index is 1.22. The van der Waals surface area contributed by atoms with Crippen LogP contribution in [0.4, 0.5) is 0 Å². The summed E-state index contributed by atoms with van der Waals surface area (Å²) in [6, 6.07) is 5.11. The Morgan fingerprint density at radius 2 is 1.58 bits per heavy atom. The first-order chi connectivity index (χ1) is 12.7. The highest BCUT2D eigenvalue weighted by molar-refractivity contribution is 5.98. The monoisotopic (exact) mass is 356 g/mol. The molecule has 1 aromatic rings. The first-order valence-electron chi connectivity index (χ1n) is 9.77. The van der Waals surface area contributed by atoms with Crippen LogP contribution in [0.15, 0.2) is 18.2 Å². The van der Waals surface area contributed by atoms with Gasteiger partial charge in [0.2, 0.25) is 0 Å². The molecule has 138 valence electrons. The average molecular weight is 356 g/mol. The first-order valence-corrected chi connectivity index (χ1v) is 9.77. The molecule has 1 aliphatic heterocycles. The fourth-order valence-electron chi connectivity index (χ4n) is 5.84. The van der Waals surface area contributed by atoms with E-state index in [0.717, 1.165) is 11.8 Å². The SMILES string of the molecule is O=C(COC(=O)C1C2CC3CC(C2)CC1C3)c1ccc2c(c1)OCCO2. The molecule has 0 spiro atoms. The minimum Gasteiger partial charge on any atom is -0.486 e. The predicted molar refractivity (Wildman–Crippen MR) is 93.3 cm³/mol. The third-order valence-electron chi connectivity index (χ3n) is 6.71. The van der Waals surface area contributed by atoms with Crippen molar-refractivity contribution in [2.45, 2.75) is 32.1 Å². The van der Waals surface area contributed by atoms with Crippen molar-refractivity contribution < 1.29 is 23.8 Å². The number of fused-ring (bicyclic) bond motifs is 1. The zero-order valence-corrected chi connectivity index (χ0v) is 14.8. The number of hydrogen-bond acceptors (Lipinski definition) is 5. The standard InChI is InChI=1S/C21H24O5/c22-17(14-1-2-18-19(10-14)25-4-3-24-18)11-26-21(23)20-15-6-12-5-13(8-15)9-16(20)7-12/h1-2,10,12-13,15-16,20H,3-9,11H2. The van der Waals surface area contributed by atoms with Crippen LogP contribution in [-0.4, -0.2) is 31.6 Å². The molecular weight excluding hydrogens is 332 g/mol. The number of carbonyl (C=O) groups excluding carboxylic acids is 2. The average Bonchev–Trinajstić information content (AvgIpc) is 2.65. The molecule has 1 aromatic carbocycles. The van der Waals surface area contributed by atoms with Gasteiger partial charge in [0, 0.05) is 5.56 Å². The van der Waals surface area contributed by atoms with E-state index in [9.17, 15) is 9.59 Å². The van der Waals surface area contributed by atoms with Crippen LogP contribution in [0, 0.1) is 29.6 Å². The lowest BCUT2D eigenvalue weighted by Gasteiger charge is -2.53. The number of carbonyl (C=O) groups is 2. The molecule has 5 nitrogen and oxygen atoms in total. The molecule has 6 rings (SSSR count). The summed E-state index contributed by atoms with van der Waals surface area (Å²) >= 11 is 0. The van der Waals surface area contributed by atoms with Crippen LogP contribution in [-0.2, 0) is 9.53 Å². The van der Waals surface area contributed by atoms with Crippen LogP contribution in [0.1, 0.15) is 42.5 Å².